The smallest absolute Gasteiger partial charge is 0.336 e. The monoisotopic (exact) mass is 382 g/mol. The van der Waals surface area contributed by atoms with Crippen molar-refractivity contribution in [3.8, 4) is 0 Å². The molecule has 0 saturated carbocycles. The molecule has 0 aliphatic heterocycles. The number of halogens is 1. The molecule has 0 aliphatic carbocycles. The van der Waals surface area contributed by atoms with E-state index in [9.17, 15) is 28.4 Å². The SMILES string of the molecule is CC(O)(CNS(=O)(=O)c1cc(Br)ccc1[N+](=O)[O-])C(=O)O. The van der Waals surface area contributed by atoms with Gasteiger partial charge in [-0.3, -0.25) is 10.1 Å². The van der Waals surface area contributed by atoms with Gasteiger partial charge in [0.1, 0.15) is 0 Å². The maximum Gasteiger partial charge on any atom is 0.336 e. The zero-order chi connectivity index (χ0) is 16.4. The van der Waals surface area contributed by atoms with Crippen LogP contribution < -0.4 is 4.72 Å². The van der Waals surface area contributed by atoms with E-state index in [0.717, 1.165) is 19.1 Å². The number of aliphatic hydroxyl groups is 1. The fourth-order valence-electron chi connectivity index (χ4n) is 1.24. The summed E-state index contributed by atoms with van der Waals surface area (Å²) < 4.78 is 26.2. The van der Waals surface area contributed by atoms with Gasteiger partial charge in [0, 0.05) is 10.5 Å². The first-order chi connectivity index (χ1) is 9.47. The zero-order valence-electron chi connectivity index (χ0n) is 10.6. The Morgan fingerprint density at radius 2 is 2.10 bits per heavy atom. The van der Waals surface area contributed by atoms with Gasteiger partial charge in [0.2, 0.25) is 10.0 Å². The normalized spacial score (nSPS) is 14.4. The van der Waals surface area contributed by atoms with Crippen molar-refractivity contribution < 1.29 is 28.3 Å². The quantitative estimate of drug-likeness (QED) is 0.478. The van der Waals surface area contributed by atoms with Crippen LogP contribution in [0.4, 0.5) is 5.69 Å². The number of sulfonamides is 1. The Morgan fingerprint density at radius 1 is 1.52 bits per heavy atom. The molecular weight excluding hydrogens is 372 g/mol. The highest BCUT2D eigenvalue weighted by Gasteiger charge is 2.33. The second-order valence-electron chi connectivity index (χ2n) is 4.27. The topological polar surface area (TPSA) is 147 Å². The van der Waals surface area contributed by atoms with Crippen LogP contribution in [-0.4, -0.2) is 41.7 Å². The molecule has 9 nitrogen and oxygen atoms in total. The summed E-state index contributed by atoms with van der Waals surface area (Å²) in [5, 5.41) is 29.0. The molecular formula is C10H11BrN2O7S. The molecule has 3 N–H and O–H groups in total. The van der Waals surface area contributed by atoms with Gasteiger partial charge in [0.15, 0.2) is 10.5 Å². The fourth-order valence-corrected chi connectivity index (χ4v) is 3.08. The van der Waals surface area contributed by atoms with E-state index in [1.165, 1.54) is 6.07 Å². The molecule has 1 atom stereocenters. The molecule has 21 heavy (non-hydrogen) atoms. The minimum atomic E-state index is -4.37. The van der Waals surface area contributed by atoms with Crippen molar-refractivity contribution in [1.29, 1.82) is 0 Å². The summed E-state index contributed by atoms with van der Waals surface area (Å²) in [6, 6.07) is 3.30. The number of nitro groups is 1. The van der Waals surface area contributed by atoms with Crippen LogP contribution in [0, 0.1) is 10.1 Å². The second kappa shape index (κ2) is 6.05. The van der Waals surface area contributed by atoms with Gasteiger partial charge in [-0.2, -0.15) is 0 Å². The third kappa shape index (κ3) is 4.20. The number of nitro benzene ring substituents is 1. The highest BCUT2D eigenvalue weighted by Crippen LogP contribution is 2.27. The lowest BCUT2D eigenvalue weighted by Crippen LogP contribution is -2.46. The first kappa shape index (κ1) is 17.5. The second-order valence-corrected chi connectivity index (χ2v) is 6.92. The van der Waals surface area contributed by atoms with Crippen LogP contribution in [0.25, 0.3) is 0 Å². The van der Waals surface area contributed by atoms with E-state index < -0.39 is 43.6 Å². The summed E-state index contributed by atoms with van der Waals surface area (Å²) in [5.74, 6) is -1.63. The molecule has 1 aromatic rings. The molecule has 0 aromatic heterocycles. The molecule has 116 valence electrons. The first-order valence-corrected chi connectivity index (χ1v) is 7.64. The molecule has 0 amide bonds. The molecule has 1 rings (SSSR count). The predicted octanol–water partition coefficient (Wildman–Crippen LogP) is 0.471. The summed E-state index contributed by atoms with van der Waals surface area (Å²) in [5.41, 5.74) is -3.01. The van der Waals surface area contributed by atoms with Crippen molar-refractivity contribution in [2.24, 2.45) is 0 Å². The van der Waals surface area contributed by atoms with Gasteiger partial charge in [-0.05, 0) is 19.1 Å². The maximum absolute atomic E-state index is 12.0. The third-order valence-electron chi connectivity index (χ3n) is 2.48. The van der Waals surface area contributed by atoms with Gasteiger partial charge < -0.3 is 10.2 Å². The van der Waals surface area contributed by atoms with Crippen LogP contribution in [0.5, 0.6) is 0 Å². The number of hydrogen-bond acceptors (Lipinski definition) is 6. The lowest BCUT2D eigenvalue weighted by atomic mass is 10.1. The van der Waals surface area contributed by atoms with Crippen molar-refractivity contribution in [3.63, 3.8) is 0 Å². The number of aliphatic carboxylic acids is 1. The summed E-state index contributed by atoms with van der Waals surface area (Å²) >= 11 is 2.99. The van der Waals surface area contributed by atoms with Crippen molar-refractivity contribution >= 4 is 37.6 Å². The van der Waals surface area contributed by atoms with E-state index in [2.05, 4.69) is 15.9 Å². The summed E-state index contributed by atoms with van der Waals surface area (Å²) in [6.45, 7) is 0.0571. The molecule has 11 heteroatoms. The number of carbonyl (C=O) groups is 1. The van der Waals surface area contributed by atoms with Crippen molar-refractivity contribution in [3.05, 3.63) is 32.8 Å². The van der Waals surface area contributed by atoms with Crippen LogP contribution in [-0.2, 0) is 14.8 Å². The summed E-state index contributed by atoms with van der Waals surface area (Å²) in [7, 11) is -4.37. The van der Waals surface area contributed by atoms with Crippen molar-refractivity contribution in [2.45, 2.75) is 17.4 Å². The highest BCUT2D eigenvalue weighted by molar-refractivity contribution is 9.10. The van der Waals surface area contributed by atoms with Crippen molar-refractivity contribution in [1.82, 2.24) is 4.72 Å². The Kier molecular flexibility index (Phi) is 5.04. The van der Waals surface area contributed by atoms with Crippen LogP contribution >= 0.6 is 15.9 Å². The van der Waals surface area contributed by atoms with Crippen LogP contribution in [0.3, 0.4) is 0 Å². The van der Waals surface area contributed by atoms with E-state index in [1.54, 1.807) is 0 Å². The average Bonchev–Trinajstić information content (AvgIpc) is 2.36. The highest BCUT2D eigenvalue weighted by atomic mass is 79.9. The number of carboxylic acid groups (broad SMARTS) is 1. The Hall–Kier alpha value is -1.56. The Balaban J connectivity index is 3.17. The van der Waals surface area contributed by atoms with E-state index in [-0.39, 0.29) is 0 Å². The standard InChI is InChI=1S/C10H11BrN2O7S/c1-10(16,9(14)15)5-12-21(19,20)8-4-6(11)2-3-7(8)13(17)18/h2-4,12,16H,5H2,1H3,(H,14,15). The number of nitrogens with zero attached hydrogens (tertiary/aromatic N) is 1. The Morgan fingerprint density at radius 3 is 2.57 bits per heavy atom. The van der Waals surface area contributed by atoms with Gasteiger partial charge in [-0.15, -0.1) is 0 Å². The molecule has 1 aromatic carbocycles. The van der Waals surface area contributed by atoms with E-state index in [1.807, 2.05) is 4.72 Å². The van der Waals surface area contributed by atoms with E-state index >= 15 is 0 Å². The van der Waals surface area contributed by atoms with Gasteiger partial charge >= 0.3 is 5.97 Å². The number of nitrogens with one attached hydrogen (secondary N) is 1. The molecule has 0 fully saturated rings. The van der Waals surface area contributed by atoms with Gasteiger partial charge in [-0.25, -0.2) is 17.9 Å². The summed E-state index contributed by atoms with van der Waals surface area (Å²) in [6.07, 6.45) is 0. The van der Waals surface area contributed by atoms with E-state index in [0.29, 0.717) is 4.47 Å². The minimum Gasteiger partial charge on any atom is -0.479 e. The molecule has 0 heterocycles. The number of carboxylic acids is 1. The molecule has 0 bridgehead atoms. The number of benzene rings is 1. The molecule has 0 spiro atoms. The number of rotatable bonds is 6. The van der Waals surface area contributed by atoms with Crippen molar-refractivity contribution in [2.75, 3.05) is 6.54 Å². The largest absolute Gasteiger partial charge is 0.479 e. The minimum absolute atomic E-state index is 0.290. The van der Waals surface area contributed by atoms with E-state index in [4.69, 9.17) is 5.11 Å². The molecule has 0 saturated heterocycles. The maximum atomic E-state index is 12.0. The number of hydrogen-bond donors (Lipinski definition) is 3. The molecule has 0 aliphatic rings. The van der Waals surface area contributed by atoms with Crippen LogP contribution in [0.15, 0.2) is 27.6 Å². The zero-order valence-corrected chi connectivity index (χ0v) is 13.0. The summed E-state index contributed by atoms with van der Waals surface area (Å²) in [4.78, 5) is 20.0. The molecule has 0 radical (unpaired) electrons. The average molecular weight is 383 g/mol. The Labute approximate surface area is 127 Å². The van der Waals surface area contributed by atoms with Gasteiger partial charge in [0.25, 0.3) is 5.69 Å². The van der Waals surface area contributed by atoms with Gasteiger partial charge in [0.05, 0.1) is 11.5 Å². The first-order valence-electron chi connectivity index (χ1n) is 5.37. The lowest BCUT2D eigenvalue weighted by molar-refractivity contribution is -0.387. The Bertz CT molecular complexity index is 687. The lowest BCUT2D eigenvalue weighted by Gasteiger charge is -2.18. The van der Waals surface area contributed by atoms with Crippen LogP contribution in [0.1, 0.15) is 6.92 Å². The fraction of sp³-hybridized carbons (Fsp3) is 0.300. The van der Waals surface area contributed by atoms with Gasteiger partial charge in [-0.1, -0.05) is 15.9 Å². The van der Waals surface area contributed by atoms with Crippen LogP contribution in [0.2, 0.25) is 0 Å². The third-order valence-corrected chi connectivity index (χ3v) is 4.40. The molecule has 1 unspecified atom stereocenters. The predicted molar refractivity (Wildman–Crippen MR) is 74.2 cm³/mol.